The van der Waals surface area contributed by atoms with Gasteiger partial charge < -0.3 is 21.1 Å². The summed E-state index contributed by atoms with van der Waals surface area (Å²) in [7, 11) is -3.56. The molecule has 2 heterocycles. The Bertz CT molecular complexity index is 1640. The number of nitrogens with one attached hydrogen (secondary N) is 1. The highest BCUT2D eigenvalue weighted by Crippen LogP contribution is 2.21. The highest BCUT2D eigenvalue weighted by molar-refractivity contribution is 7.93. The number of aromatic carboxylic acids is 2. The van der Waals surface area contributed by atoms with E-state index in [4.69, 9.17) is 15.9 Å². The molecule has 0 atom stereocenters. The first-order valence-electron chi connectivity index (χ1n) is 10.9. The van der Waals surface area contributed by atoms with Crippen LogP contribution >= 0.6 is 11.3 Å². The van der Waals surface area contributed by atoms with Crippen molar-refractivity contribution in [3.8, 4) is 5.75 Å². The van der Waals surface area contributed by atoms with E-state index < -0.39 is 22.0 Å². The summed E-state index contributed by atoms with van der Waals surface area (Å²) in [6.07, 6.45) is 3.20. The number of benzene rings is 3. The minimum atomic E-state index is -3.56. The van der Waals surface area contributed by atoms with Crippen LogP contribution in [0.1, 0.15) is 20.7 Å². The van der Waals surface area contributed by atoms with E-state index >= 15 is 0 Å². The van der Waals surface area contributed by atoms with Gasteiger partial charge in [-0.2, -0.15) is 0 Å². The molecular formula is C26H22N4O7S2. The molecule has 0 saturated heterocycles. The number of sulfonamides is 1. The first-order valence-corrected chi connectivity index (χ1v) is 13.3. The Balaban J connectivity index is 0.000000165. The number of phenolic OH excluding ortho intramolecular Hbond substituents is 1. The number of para-hydroxylation sites is 1. The molecule has 0 radical (unpaired) electrons. The van der Waals surface area contributed by atoms with Gasteiger partial charge in [-0.05, 0) is 48.5 Å². The van der Waals surface area contributed by atoms with E-state index in [1.165, 1.54) is 66.1 Å². The normalized spacial score (nSPS) is 10.4. The van der Waals surface area contributed by atoms with Gasteiger partial charge in [0.05, 0.1) is 16.0 Å². The number of pyridine rings is 1. The lowest BCUT2D eigenvalue weighted by molar-refractivity contribution is 0.0651. The molecule has 0 spiro atoms. The van der Waals surface area contributed by atoms with Crippen LogP contribution in [0.5, 0.6) is 5.75 Å². The summed E-state index contributed by atoms with van der Waals surface area (Å²) in [6.45, 7) is 0. The maximum absolute atomic E-state index is 11.8. The van der Waals surface area contributed by atoms with E-state index in [1.54, 1.807) is 23.7 Å². The zero-order valence-electron chi connectivity index (χ0n) is 20.0. The predicted octanol–water partition coefficient (Wildman–Crippen LogP) is 4.55. The van der Waals surface area contributed by atoms with Crippen LogP contribution in [-0.4, -0.2) is 45.6 Å². The predicted molar refractivity (Wildman–Crippen MR) is 148 cm³/mol. The van der Waals surface area contributed by atoms with Gasteiger partial charge in [-0.25, -0.2) is 23.0 Å². The third kappa shape index (κ3) is 7.99. The van der Waals surface area contributed by atoms with Crippen molar-refractivity contribution in [1.29, 1.82) is 0 Å². The van der Waals surface area contributed by atoms with E-state index in [2.05, 4.69) is 14.7 Å². The third-order valence-electron chi connectivity index (χ3n) is 4.84. The van der Waals surface area contributed by atoms with Crippen LogP contribution in [0.2, 0.25) is 0 Å². The first kappa shape index (κ1) is 28.6. The molecule has 0 aliphatic carbocycles. The number of thiazole rings is 1. The Morgan fingerprint density at radius 3 is 1.95 bits per heavy atom. The molecule has 39 heavy (non-hydrogen) atoms. The number of carbonyl (C=O) groups is 2. The zero-order valence-corrected chi connectivity index (χ0v) is 21.6. The SMILES string of the molecule is Nc1ccc(S(=O)(=O)Nc2nccs2)cc1.O=C(O)c1ccccc1C(=O)O.Oc1cccc2cccnc12. The number of nitrogens with two attached hydrogens (primary N) is 1. The Hall–Kier alpha value is -5.01. The number of carboxylic acids is 2. The molecule has 0 bridgehead atoms. The van der Waals surface area contributed by atoms with Gasteiger partial charge in [-0.3, -0.25) is 9.71 Å². The van der Waals surface area contributed by atoms with E-state index in [0.717, 1.165) is 5.39 Å². The van der Waals surface area contributed by atoms with Crippen LogP contribution in [0, 0.1) is 0 Å². The fourth-order valence-corrected chi connectivity index (χ4v) is 4.83. The lowest BCUT2D eigenvalue weighted by Gasteiger charge is -2.04. The molecule has 0 aliphatic rings. The number of nitrogen functional groups attached to an aromatic ring is 1. The standard InChI is InChI=1S/C9H9N3O2S2.C9H7NO.C8H6O4/c10-7-1-3-8(4-2-7)16(13,14)12-9-11-5-6-15-9;11-8-5-1-3-7-4-2-6-10-9(7)8;9-7(10)5-3-1-2-4-6(5)8(11)12/h1-6H,10H2,(H,11,12);1-6,11H;1-4H,(H,9,10)(H,11,12). The van der Waals surface area contributed by atoms with Crippen LogP contribution in [0.4, 0.5) is 10.8 Å². The Morgan fingerprint density at radius 2 is 1.41 bits per heavy atom. The Labute approximate surface area is 226 Å². The largest absolute Gasteiger partial charge is 0.506 e. The minimum Gasteiger partial charge on any atom is -0.506 e. The molecular weight excluding hydrogens is 544 g/mol. The highest BCUT2D eigenvalue weighted by atomic mass is 32.2. The molecule has 2 aromatic heterocycles. The first-order chi connectivity index (χ1) is 18.6. The van der Waals surface area contributed by atoms with Crippen molar-refractivity contribution < 1.29 is 33.3 Å². The zero-order chi connectivity index (χ0) is 28.4. The van der Waals surface area contributed by atoms with Crippen molar-refractivity contribution in [1.82, 2.24) is 9.97 Å². The molecule has 0 unspecified atom stereocenters. The summed E-state index contributed by atoms with van der Waals surface area (Å²) < 4.78 is 26.0. The topological polar surface area (TPSA) is 193 Å². The van der Waals surface area contributed by atoms with Gasteiger partial charge in [0.2, 0.25) is 0 Å². The van der Waals surface area contributed by atoms with Crippen LogP contribution < -0.4 is 10.5 Å². The van der Waals surface area contributed by atoms with Crippen LogP contribution in [-0.2, 0) is 10.0 Å². The van der Waals surface area contributed by atoms with Crippen LogP contribution in [0.3, 0.4) is 0 Å². The number of hydrogen-bond acceptors (Lipinski definition) is 9. The molecule has 3 aromatic carbocycles. The number of fused-ring (bicyclic) bond motifs is 1. The average molecular weight is 567 g/mol. The van der Waals surface area contributed by atoms with E-state index in [-0.39, 0.29) is 21.8 Å². The number of hydrogen-bond donors (Lipinski definition) is 5. The summed E-state index contributed by atoms with van der Waals surface area (Å²) in [5, 5.41) is 29.4. The van der Waals surface area contributed by atoms with Crippen molar-refractivity contribution in [3.05, 3.63) is 108 Å². The summed E-state index contributed by atoms with van der Waals surface area (Å²) in [4.78, 5) is 29.0. The van der Waals surface area contributed by atoms with Crippen molar-refractivity contribution in [2.45, 2.75) is 4.90 Å². The minimum absolute atomic E-state index is 0.164. The summed E-state index contributed by atoms with van der Waals surface area (Å²) >= 11 is 1.22. The second kappa shape index (κ2) is 13.0. The number of rotatable bonds is 5. The van der Waals surface area contributed by atoms with Gasteiger partial charge in [-0.15, -0.1) is 11.3 Å². The van der Waals surface area contributed by atoms with Crippen LogP contribution in [0.25, 0.3) is 10.9 Å². The summed E-state index contributed by atoms with van der Waals surface area (Å²) in [5.41, 5.74) is 6.28. The maximum Gasteiger partial charge on any atom is 0.336 e. The van der Waals surface area contributed by atoms with Crippen molar-refractivity contribution in [2.75, 3.05) is 10.5 Å². The van der Waals surface area contributed by atoms with Crippen LogP contribution in [0.15, 0.2) is 102 Å². The molecule has 0 saturated carbocycles. The van der Waals surface area contributed by atoms with Gasteiger partial charge in [0.25, 0.3) is 10.0 Å². The number of aromatic nitrogens is 2. The molecule has 0 fully saturated rings. The number of anilines is 2. The fraction of sp³-hybridized carbons (Fsp3) is 0. The van der Waals surface area contributed by atoms with Gasteiger partial charge >= 0.3 is 11.9 Å². The van der Waals surface area contributed by atoms with Gasteiger partial charge in [0.1, 0.15) is 11.3 Å². The second-order valence-electron chi connectivity index (χ2n) is 7.52. The van der Waals surface area contributed by atoms with Gasteiger partial charge in [0, 0.05) is 28.8 Å². The number of carboxylic acid groups (broad SMARTS) is 2. The number of aromatic hydroxyl groups is 1. The molecule has 13 heteroatoms. The highest BCUT2D eigenvalue weighted by Gasteiger charge is 2.15. The lowest BCUT2D eigenvalue weighted by Crippen LogP contribution is -2.12. The molecule has 0 aliphatic heterocycles. The molecule has 5 aromatic rings. The quantitative estimate of drug-likeness (QED) is 0.188. The summed E-state index contributed by atoms with van der Waals surface area (Å²) in [5.74, 6) is -2.22. The van der Waals surface area contributed by atoms with E-state index in [9.17, 15) is 23.1 Å². The van der Waals surface area contributed by atoms with Crippen molar-refractivity contribution in [2.24, 2.45) is 0 Å². The molecule has 6 N–H and O–H groups in total. The Kier molecular flexibility index (Phi) is 9.51. The summed E-state index contributed by atoms with van der Waals surface area (Å²) in [6, 6.07) is 20.6. The van der Waals surface area contributed by atoms with Gasteiger partial charge in [0.15, 0.2) is 5.13 Å². The maximum atomic E-state index is 11.8. The molecule has 11 nitrogen and oxygen atoms in total. The number of nitrogens with zero attached hydrogens (tertiary/aromatic N) is 2. The Morgan fingerprint density at radius 1 is 0.795 bits per heavy atom. The van der Waals surface area contributed by atoms with Crippen molar-refractivity contribution in [3.63, 3.8) is 0 Å². The molecule has 0 amide bonds. The number of phenols is 1. The van der Waals surface area contributed by atoms with Crippen molar-refractivity contribution >= 4 is 55.0 Å². The molecule has 5 rings (SSSR count). The second-order valence-corrected chi connectivity index (χ2v) is 10.1. The van der Waals surface area contributed by atoms with E-state index in [1.807, 2.05) is 18.2 Å². The smallest absolute Gasteiger partial charge is 0.336 e. The lowest BCUT2D eigenvalue weighted by atomic mass is 10.1. The van der Waals surface area contributed by atoms with Gasteiger partial charge in [-0.1, -0.05) is 30.3 Å². The monoisotopic (exact) mass is 566 g/mol. The van der Waals surface area contributed by atoms with E-state index in [0.29, 0.717) is 16.3 Å². The average Bonchev–Trinajstić information content (AvgIpc) is 3.42. The molecule has 200 valence electrons. The third-order valence-corrected chi connectivity index (χ3v) is 7.02. The fourth-order valence-electron chi connectivity index (χ4n) is 3.04.